The third kappa shape index (κ3) is 3.18. The summed E-state index contributed by atoms with van der Waals surface area (Å²) in [5.74, 6) is 0. The van der Waals surface area contributed by atoms with Gasteiger partial charge < -0.3 is 10.1 Å². The zero-order valence-corrected chi connectivity index (χ0v) is 10.6. The number of rotatable bonds is 7. The van der Waals surface area contributed by atoms with Crippen molar-refractivity contribution in [2.45, 2.75) is 70.9 Å². The molecular weight excluding hydrogens is 186 g/mol. The molecule has 1 atom stereocenters. The third-order valence-corrected chi connectivity index (χ3v) is 3.57. The first-order valence-corrected chi connectivity index (χ1v) is 6.66. The molecule has 0 radical (unpaired) electrons. The normalized spacial score (nSPS) is 21.8. The lowest BCUT2D eigenvalue weighted by Gasteiger charge is -2.37. The van der Waals surface area contributed by atoms with Gasteiger partial charge in [0.2, 0.25) is 0 Å². The Labute approximate surface area is 94.8 Å². The van der Waals surface area contributed by atoms with Gasteiger partial charge in [-0.05, 0) is 39.2 Å². The summed E-state index contributed by atoms with van der Waals surface area (Å²) >= 11 is 0. The van der Waals surface area contributed by atoms with Crippen LogP contribution in [0.25, 0.3) is 0 Å². The van der Waals surface area contributed by atoms with Crippen molar-refractivity contribution in [1.82, 2.24) is 5.32 Å². The van der Waals surface area contributed by atoms with Crippen LogP contribution in [-0.4, -0.2) is 24.8 Å². The van der Waals surface area contributed by atoms with Crippen molar-refractivity contribution < 1.29 is 4.74 Å². The van der Waals surface area contributed by atoms with Crippen LogP contribution < -0.4 is 5.32 Å². The Bertz CT molecular complexity index is 164. The molecule has 1 aliphatic rings. The lowest BCUT2D eigenvalue weighted by atomic mass is 9.90. The van der Waals surface area contributed by atoms with E-state index in [1.807, 2.05) is 0 Å². The van der Waals surface area contributed by atoms with E-state index in [1.54, 1.807) is 0 Å². The van der Waals surface area contributed by atoms with Gasteiger partial charge in [-0.15, -0.1) is 0 Å². The van der Waals surface area contributed by atoms with Crippen LogP contribution in [0.15, 0.2) is 0 Å². The van der Waals surface area contributed by atoms with Crippen LogP contribution in [0.5, 0.6) is 0 Å². The van der Waals surface area contributed by atoms with Crippen LogP contribution in [0.4, 0.5) is 0 Å². The predicted octanol–water partition coefficient (Wildman–Crippen LogP) is 3.11. The van der Waals surface area contributed by atoms with Crippen molar-refractivity contribution in [3.05, 3.63) is 0 Å². The second-order valence-electron chi connectivity index (χ2n) is 4.62. The van der Waals surface area contributed by atoms with Crippen LogP contribution in [0.3, 0.4) is 0 Å². The molecule has 1 fully saturated rings. The Morgan fingerprint density at radius 3 is 2.33 bits per heavy atom. The highest BCUT2D eigenvalue weighted by Crippen LogP contribution is 2.37. The Morgan fingerprint density at radius 2 is 1.87 bits per heavy atom. The van der Waals surface area contributed by atoms with Gasteiger partial charge in [-0.3, -0.25) is 0 Å². The fourth-order valence-corrected chi connectivity index (χ4v) is 2.88. The number of hydrogen-bond donors (Lipinski definition) is 1. The van der Waals surface area contributed by atoms with Gasteiger partial charge in [0.15, 0.2) is 0 Å². The largest absolute Gasteiger partial charge is 0.374 e. The van der Waals surface area contributed by atoms with E-state index in [1.165, 1.54) is 38.5 Å². The standard InChI is InChI=1S/C13H27NO/c1-4-11-14-12(5-2)13(15-6-3)9-7-8-10-13/h12,14H,4-11H2,1-3H3. The topological polar surface area (TPSA) is 21.3 Å². The van der Waals surface area contributed by atoms with Crippen LogP contribution >= 0.6 is 0 Å². The van der Waals surface area contributed by atoms with E-state index in [0.29, 0.717) is 6.04 Å². The van der Waals surface area contributed by atoms with Gasteiger partial charge in [0, 0.05) is 12.6 Å². The summed E-state index contributed by atoms with van der Waals surface area (Å²) in [7, 11) is 0. The molecule has 0 aromatic heterocycles. The molecule has 0 heterocycles. The molecule has 0 aliphatic heterocycles. The molecule has 1 rings (SSSR count). The molecule has 0 aromatic rings. The van der Waals surface area contributed by atoms with Gasteiger partial charge in [0.05, 0.1) is 5.60 Å². The van der Waals surface area contributed by atoms with E-state index >= 15 is 0 Å². The molecule has 15 heavy (non-hydrogen) atoms. The smallest absolute Gasteiger partial charge is 0.0834 e. The highest BCUT2D eigenvalue weighted by molar-refractivity contribution is 4.96. The highest BCUT2D eigenvalue weighted by Gasteiger charge is 2.40. The van der Waals surface area contributed by atoms with Gasteiger partial charge >= 0.3 is 0 Å². The van der Waals surface area contributed by atoms with Gasteiger partial charge in [0.25, 0.3) is 0 Å². The van der Waals surface area contributed by atoms with Gasteiger partial charge in [0.1, 0.15) is 0 Å². The molecule has 0 amide bonds. The Kier molecular flexibility index (Phi) is 5.62. The zero-order valence-electron chi connectivity index (χ0n) is 10.6. The molecule has 0 aromatic carbocycles. The van der Waals surface area contributed by atoms with Gasteiger partial charge in [-0.25, -0.2) is 0 Å². The molecular formula is C13H27NO. The minimum atomic E-state index is 0.151. The van der Waals surface area contributed by atoms with Crippen LogP contribution in [0.2, 0.25) is 0 Å². The maximum absolute atomic E-state index is 6.08. The van der Waals surface area contributed by atoms with E-state index in [9.17, 15) is 0 Å². The van der Waals surface area contributed by atoms with Gasteiger partial charge in [-0.2, -0.15) is 0 Å². The number of hydrogen-bond acceptors (Lipinski definition) is 2. The highest BCUT2D eigenvalue weighted by atomic mass is 16.5. The molecule has 1 N–H and O–H groups in total. The SMILES string of the molecule is CCCNC(CC)C1(OCC)CCCC1. The fourth-order valence-electron chi connectivity index (χ4n) is 2.88. The molecule has 2 nitrogen and oxygen atoms in total. The average Bonchev–Trinajstić information content (AvgIpc) is 2.69. The molecule has 0 spiro atoms. The quantitative estimate of drug-likeness (QED) is 0.701. The summed E-state index contributed by atoms with van der Waals surface area (Å²) in [5, 5.41) is 3.66. The molecule has 0 saturated heterocycles. The summed E-state index contributed by atoms with van der Waals surface area (Å²) in [5.41, 5.74) is 0.151. The van der Waals surface area contributed by atoms with Crippen molar-refractivity contribution in [3.63, 3.8) is 0 Å². The summed E-state index contributed by atoms with van der Waals surface area (Å²) in [6.45, 7) is 8.58. The molecule has 0 bridgehead atoms. The second-order valence-corrected chi connectivity index (χ2v) is 4.62. The first-order valence-electron chi connectivity index (χ1n) is 6.66. The van der Waals surface area contributed by atoms with Crippen molar-refractivity contribution in [2.75, 3.05) is 13.2 Å². The average molecular weight is 213 g/mol. The second kappa shape index (κ2) is 6.49. The van der Waals surface area contributed by atoms with Crippen molar-refractivity contribution in [1.29, 1.82) is 0 Å². The summed E-state index contributed by atoms with van der Waals surface area (Å²) in [6.07, 6.45) is 7.55. The molecule has 2 heteroatoms. The monoisotopic (exact) mass is 213 g/mol. The Hall–Kier alpha value is -0.0800. The van der Waals surface area contributed by atoms with Crippen molar-refractivity contribution in [3.8, 4) is 0 Å². The minimum absolute atomic E-state index is 0.151. The van der Waals surface area contributed by atoms with Gasteiger partial charge in [-0.1, -0.05) is 26.7 Å². The number of ether oxygens (including phenoxy) is 1. The van der Waals surface area contributed by atoms with Crippen LogP contribution in [0, 0.1) is 0 Å². The van der Waals surface area contributed by atoms with E-state index in [-0.39, 0.29) is 5.60 Å². The lowest BCUT2D eigenvalue weighted by molar-refractivity contribution is -0.0621. The van der Waals surface area contributed by atoms with E-state index in [0.717, 1.165) is 13.2 Å². The first-order chi connectivity index (χ1) is 7.29. The Balaban J connectivity index is 2.58. The molecule has 90 valence electrons. The van der Waals surface area contributed by atoms with E-state index < -0.39 is 0 Å². The summed E-state index contributed by atoms with van der Waals surface area (Å²) in [4.78, 5) is 0. The first kappa shape index (κ1) is 13.0. The van der Waals surface area contributed by atoms with Crippen molar-refractivity contribution in [2.24, 2.45) is 0 Å². The van der Waals surface area contributed by atoms with Crippen molar-refractivity contribution >= 4 is 0 Å². The molecule has 1 saturated carbocycles. The predicted molar refractivity (Wildman–Crippen MR) is 65.2 cm³/mol. The molecule has 1 unspecified atom stereocenters. The molecule has 1 aliphatic carbocycles. The zero-order chi connectivity index (χ0) is 11.1. The lowest BCUT2D eigenvalue weighted by Crippen LogP contribution is -2.50. The summed E-state index contributed by atoms with van der Waals surface area (Å²) in [6, 6.07) is 0.555. The maximum atomic E-state index is 6.08. The van der Waals surface area contributed by atoms with E-state index in [2.05, 4.69) is 26.1 Å². The van der Waals surface area contributed by atoms with Crippen LogP contribution in [-0.2, 0) is 4.74 Å². The fraction of sp³-hybridized carbons (Fsp3) is 1.00. The summed E-state index contributed by atoms with van der Waals surface area (Å²) < 4.78 is 6.08. The van der Waals surface area contributed by atoms with Crippen LogP contribution in [0.1, 0.15) is 59.3 Å². The third-order valence-electron chi connectivity index (χ3n) is 3.57. The maximum Gasteiger partial charge on any atom is 0.0834 e. The Morgan fingerprint density at radius 1 is 1.20 bits per heavy atom. The van der Waals surface area contributed by atoms with E-state index in [4.69, 9.17) is 4.74 Å². The number of nitrogens with one attached hydrogen (secondary N) is 1. The minimum Gasteiger partial charge on any atom is -0.374 e.